The monoisotopic (exact) mass is 246 g/mol. The number of hydrogen-bond acceptors (Lipinski definition) is 2. The molecule has 18 heavy (non-hydrogen) atoms. The maximum absolute atomic E-state index is 12.0. The van der Waals surface area contributed by atoms with Crippen LogP contribution in [0.25, 0.3) is 0 Å². The number of nitrogens with one attached hydrogen (secondary N) is 2. The van der Waals surface area contributed by atoms with E-state index >= 15 is 0 Å². The van der Waals surface area contributed by atoms with Gasteiger partial charge in [-0.2, -0.15) is 0 Å². The molecule has 1 aromatic rings. The van der Waals surface area contributed by atoms with Crippen molar-refractivity contribution in [3.8, 4) is 0 Å². The van der Waals surface area contributed by atoms with Crippen molar-refractivity contribution in [2.75, 3.05) is 0 Å². The summed E-state index contributed by atoms with van der Waals surface area (Å²) in [4.78, 5) is 24.0. The quantitative estimate of drug-likeness (QED) is 0.846. The van der Waals surface area contributed by atoms with Crippen molar-refractivity contribution >= 4 is 11.8 Å². The Hall–Kier alpha value is -1.84. The molecular weight excluding hydrogens is 228 g/mol. The predicted molar refractivity (Wildman–Crippen MR) is 68.7 cm³/mol. The van der Waals surface area contributed by atoms with Crippen LogP contribution >= 0.6 is 0 Å². The standard InChI is InChI=1S/C14H18N2O2/c1-3-9(2)11-13(17)16-12(14(18)15-11)10-7-5-4-6-8-10/h4-9,11-12H,3H2,1-2H3,(H,15,18)(H,16,17)/t9-,11-,12+/m0/s1. The Bertz CT molecular complexity index is 444. The maximum atomic E-state index is 12.0. The smallest absolute Gasteiger partial charge is 0.247 e. The number of rotatable bonds is 3. The molecule has 2 rings (SSSR count). The molecule has 2 N–H and O–H groups in total. The van der Waals surface area contributed by atoms with Gasteiger partial charge in [0.1, 0.15) is 12.1 Å². The number of hydrogen-bond donors (Lipinski definition) is 2. The van der Waals surface area contributed by atoms with Crippen LogP contribution in [0, 0.1) is 5.92 Å². The fourth-order valence-electron chi connectivity index (χ4n) is 2.12. The van der Waals surface area contributed by atoms with Crippen LogP contribution < -0.4 is 10.6 Å². The number of piperazine rings is 1. The van der Waals surface area contributed by atoms with Gasteiger partial charge in [0.15, 0.2) is 0 Å². The first kappa shape index (κ1) is 12.6. The van der Waals surface area contributed by atoms with Crippen molar-refractivity contribution in [2.24, 2.45) is 5.92 Å². The highest BCUT2D eigenvalue weighted by atomic mass is 16.2. The average Bonchev–Trinajstić information content (AvgIpc) is 2.41. The third-order valence-corrected chi connectivity index (χ3v) is 3.47. The molecule has 0 saturated carbocycles. The van der Waals surface area contributed by atoms with Crippen molar-refractivity contribution in [3.63, 3.8) is 0 Å². The minimum atomic E-state index is -0.570. The molecule has 4 nitrogen and oxygen atoms in total. The first-order valence-corrected chi connectivity index (χ1v) is 6.29. The van der Waals surface area contributed by atoms with Gasteiger partial charge in [0.2, 0.25) is 11.8 Å². The Morgan fingerprint density at radius 1 is 1.11 bits per heavy atom. The molecule has 1 aliphatic heterocycles. The van der Waals surface area contributed by atoms with E-state index in [2.05, 4.69) is 10.6 Å². The number of carbonyl (C=O) groups excluding carboxylic acids is 2. The van der Waals surface area contributed by atoms with Gasteiger partial charge in [0.25, 0.3) is 0 Å². The van der Waals surface area contributed by atoms with E-state index in [4.69, 9.17) is 0 Å². The van der Waals surface area contributed by atoms with E-state index in [1.54, 1.807) is 0 Å². The van der Waals surface area contributed by atoms with Gasteiger partial charge in [0.05, 0.1) is 0 Å². The molecule has 0 radical (unpaired) electrons. The second-order valence-electron chi connectivity index (χ2n) is 4.72. The maximum Gasteiger partial charge on any atom is 0.247 e. The summed E-state index contributed by atoms with van der Waals surface area (Å²) < 4.78 is 0. The first-order chi connectivity index (χ1) is 8.63. The van der Waals surface area contributed by atoms with Crippen molar-refractivity contribution in [3.05, 3.63) is 35.9 Å². The van der Waals surface area contributed by atoms with Gasteiger partial charge in [-0.3, -0.25) is 9.59 Å². The highest BCUT2D eigenvalue weighted by Gasteiger charge is 2.36. The van der Waals surface area contributed by atoms with Crippen LogP contribution in [0.2, 0.25) is 0 Å². The normalized spacial score (nSPS) is 25.2. The summed E-state index contributed by atoms with van der Waals surface area (Å²) in [5.41, 5.74) is 0.811. The van der Waals surface area contributed by atoms with Gasteiger partial charge in [0, 0.05) is 0 Å². The van der Waals surface area contributed by atoms with Crippen LogP contribution in [0.3, 0.4) is 0 Å². The molecule has 0 bridgehead atoms. The summed E-state index contributed by atoms with van der Waals surface area (Å²) in [7, 11) is 0. The lowest BCUT2D eigenvalue weighted by atomic mass is 9.94. The zero-order chi connectivity index (χ0) is 13.1. The Morgan fingerprint density at radius 2 is 1.78 bits per heavy atom. The molecule has 3 atom stereocenters. The zero-order valence-electron chi connectivity index (χ0n) is 10.6. The molecule has 0 aliphatic carbocycles. The summed E-state index contributed by atoms with van der Waals surface area (Å²) >= 11 is 0. The van der Waals surface area contributed by atoms with E-state index in [0.29, 0.717) is 0 Å². The third-order valence-electron chi connectivity index (χ3n) is 3.47. The molecule has 4 heteroatoms. The van der Waals surface area contributed by atoms with E-state index in [9.17, 15) is 9.59 Å². The fourth-order valence-corrected chi connectivity index (χ4v) is 2.12. The molecule has 1 fully saturated rings. The Balaban J connectivity index is 2.16. The van der Waals surface area contributed by atoms with Gasteiger partial charge in [-0.05, 0) is 11.5 Å². The Morgan fingerprint density at radius 3 is 2.39 bits per heavy atom. The SMILES string of the molecule is CC[C@H](C)[C@@H]1NC(=O)[C@@H](c2ccccc2)NC1=O. The lowest BCUT2D eigenvalue weighted by Crippen LogP contribution is -2.59. The van der Waals surface area contributed by atoms with Crippen LogP contribution in [-0.4, -0.2) is 17.9 Å². The number of amides is 2. The Kier molecular flexibility index (Phi) is 3.65. The molecule has 0 spiro atoms. The van der Waals surface area contributed by atoms with Gasteiger partial charge in [-0.1, -0.05) is 50.6 Å². The molecule has 1 aliphatic rings. The topological polar surface area (TPSA) is 58.2 Å². The molecular formula is C14H18N2O2. The van der Waals surface area contributed by atoms with Crippen LogP contribution in [0.15, 0.2) is 30.3 Å². The van der Waals surface area contributed by atoms with E-state index in [0.717, 1.165) is 12.0 Å². The molecule has 1 saturated heterocycles. The highest BCUT2D eigenvalue weighted by Crippen LogP contribution is 2.19. The fraction of sp³-hybridized carbons (Fsp3) is 0.429. The number of benzene rings is 1. The second-order valence-corrected chi connectivity index (χ2v) is 4.72. The minimum Gasteiger partial charge on any atom is -0.342 e. The molecule has 2 amide bonds. The van der Waals surface area contributed by atoms with E-state index in [1.807, 2.05) is 44.2 Å². The summed E-state index contributed by atoms with van der Waals surface area (Å²) in [5.74, 6) is -0.0884. The van der Waals surface area contributed by atoms with E-state index in [-0.39, 0.29) is 17.7 Å². The van der Waals surface area contributed by atoms with Gasteiger partial charge in [-0.15, -0.1) is 0 Å². The lowest BCUT2D eigenvalue weighted by Gasteiger charge is -2.32. The molecule has 0 unspecified atom stereocenters. The summed E-state index contributed by atoms with van der Waals surface area (Å²) in [5, 5.41) is 5.61. The summed E-state index contributed by atoms with van der Waals surface area (Å²) in [6, 6.07) is 8.29. The number of carbonyl (C=O) groups is 2. The molecule has 1 aromatic carbocycles. The third kappa shape index (κ3) is 2.37. The highest BCUT2D eigenvalue weighted by molar-refractivity contribution is 5.97. The van der Waals surface area contributed by atoms with Crippen molar-refractivity contribution in [1.29, 1.82) is 0 Å². The second kappa shape index (κ2) is 5.21. The van der Waals surface area contributed by atoms with Gasteiger partial charge in [-0.25, -0.2) is 0 Å². The minimum absolute atomic E-state index is 0.0993. The van der Waals surface area contributed by atoms with E-state index in [1.165, 1.54) is 0 Å². The molecule has 0 aromatic heterocycles. The average molecular weight is 246 g/mol. The first-order valence-electron chi connectivity index (χ1n) is 6.29. The van der Waals surface area contributed by atoms with Gasteiger partial charge >= 0.3 is 0 Å². The van der Waals surface area contributed by atoms with Crippen LogP contribution in [0.4, 0.5) is 0 Å². The molecule has 1 heterocycles. The van der Waals surface area contributed by atoms with Gasteiger partial charge < -0.3 is 10.6 Å². The summed E-state index contributed by atoms with van der Waals surface area (Å²) in [6.45, 7) is 3.97. The zero-order valence-corrected chi connectivity index (χ0v) is 10.6. The Labute approximate surface area is 107 Å². The van der Waals surface area contributed by atoms with E-state index < -0.39 is 12.1 Å². The summed E-state index contributed by atoms with van der Waals surface area (Å²) in [6.07, 6.45) is 0.856. The van der Waals surface area contributed by atoms with Crippen LogP contribution in [0.1, 0.15) is 31.9 Å². The van der Waals surface area contributed by atoms with Crippen molar-refractivity contribution in [1.82, 2.24) is 10.6 Å². The van der Waals surface area contributed by atoms with Crippen molar-refractivity contribution in [2.45, 2.75) is 32.4 Å². The van der Waals surface area contributed by atoms with Crippen LogP contribution in [-0.2, 0) is 9.59 Å². The lowest BCUT2D eigenvalue weighted by molar-refractivity contribution is -0.138. The predicted octanol–water partition coefficient (Wildman–Crippen LogP) is 1.39. The molecule has 96 valence electrons. The largest absolute Gasteiger partial charge is 0.342 e. The van der Waals surface area contributed by atoms with Crippen LogP contribution in [0.5, 0.6) is 0 Å². The van der Waals surface area contributed by atoms with Crippen molar-refractivity contribution < 1.29 is 9.59 Å².